The molecule has 2 aromatic heterocycles. The molecule has 0 unspecified atom stereocenters. The highest BCUT2D eigenvalue weighted by atomic mass is 19.1. The summed E-state index contributed by atoms with van der Waals surface area (Å²) >= 11 is 0. The van der Waals surface area contributed by atoms with Crippen molar-refractivity contribution in [2.75, 3.05) is 12.0 Å². The van der Waals surface area contributed by atoms with Crippen LogP contribution >= 0.6 is 0 Å². The molecule has 2 aliphatic carbocycles. The standard InChI is InChI=1S/C23H18F3N5/c24-11-23(7-14(28)4-13-5-17(13)23)18-6-15(1-2-19(18)25)31-22-21-16(20(26)10-30-22)3-12(8-27)9-29-21/h1-3,6-7,9-10,13,17H,4-5,11,28H2,(H,30,31)/t13-,17+,23-/m1/s1. The van der Waals surface area contributed by atoms with Gasteiger partial charge in [0.2, 0.25) is 0 Å². The molecular formula is C23H18F3N5. The molecule has 31 heavy (non-hydrogen) atoms. The highest BCUT2D eigenvalue weighted by Crippen LogP contribution is 2.59. The monoisotopic (exact) mass is 421 g/mol. The SMILES string of the molecule is N#Cc1cnc2c(Nc3ccc(F)c([C@@]4(CF)C=C(N)C[C@@H]5C[C@@H]54)c3)ncc(F)c2c1. The third-order valence-corrected chi connectivity index (χ3v) is 6.28. The fourth-order valence-electron chi connectivity index (χ4n) is 4.73. The van der Waals surface area contributed by atoms with Gasteiger partial charge in [0.15, 0.2) is 11.6 Å². The van der Waals surface area contributed by atoms with Crippen LogP contribution in [0.25, 0.3) is 10.9 Å². The van der Waals surface area contributed by atoms with Crippen LogP contribution in [0.3, 0.4) is 0 Å². The molecule has 5 nitrogen and oxygen atoms in total. The zero-order valence-electron chi connectivity index (χ0n) is 16.4. The Morgan fingerprint density at radius 1 is 1.19 bits per heavy atom. The van der Waals surface area contributed by atoms with Gasteiger partial charge in [0.05, 0.1) is 11.8 Å². The fourth-order valence-corrected chi connectivity index (χ4v) is 4.73. The number of nitrogens with one attached hydrogen (secondary N) is 1. The summed E-state index contributed by atoms with van der Waals surface area (Å²) in [6.07, 6.45) is 5.55. The summed E-state index contributed by atoms with van der Waals surface area (Å²) in [5.41, 5.74) is 6.67. The summed E-state index contributed by atoms with van der Waals surface area (Å²) in [6.45, 7) is -0.745. The first-order valence-corrected chi connectivity index (χ1v) is 9.90. The molecule has 8 heteroatoms. The molecule has 3 aromatic rings. The van der Waals surface area contributed by atoms with E-state index >= 15 is 0 Å². The summed E-state index contributed by atoms with van der Waals surface area (Å²) in [6, 6.07) is 7.65. The van der Waals surface area contributed by atoms with Gasteiger partial charge in [-0.05, 0) is 48.9 Å². The maximum absolute atomic E-state index is 14.9. The van der Waals surface area contributed by atoms with Crippen molar-refractivity contribution in [1.29, 1.82) is 5.26 Å². The largest absolute Gasteiger partial charge is 0.402 e. The topological polar surface area (TPSA) is 87.6 Å². The molecule has 0 radical (unpaired) electrons. The number of hydrogen-bond acceptors (Lipinski definition) is 5. The van der Waals surface area contributed by atoms with Crippen LogP contribution in [0.5, 0.6) is 0 Å². The molecule has 2 heterocycles. The van der Waals surface area contributed by atoms with Gasteiger partial charge < -0.3 is 11.1 Å². The minimum Gasteiger partial charge on any atom is -0.402 e. The van der Waals surface area contributed by atoms with E-state index in [-0.39, 0.29) is 39.7 Å². The second kappa shape index (κ2) is 6.98. The number of nitrogens with zero attached hydrogens (tertiary/aromatic N) is 3. The molecule has 0 spiro atoms. The third kappa shape index (κ3) is 3.08. The lowest BCUT2D eigenvalue weighted by Gasteiger charge is -2.33. The van der Waals surface area contributed by atoms with Crippen LogP contribution < -0.4 is 11.1 Å². The predicted octanol–water partition coefficient (Wildman–Crippen LogP) is 4.61. The molecule has 3 atom stereocenters. The molecule has 1 aromatic carbocycles. The highest BCUT2D eigenvalue weighted by Gasteiger charge is 2.56. The predicted molar refractivity (Wildman–Crippen MR) is 110 cm³/mol. The van der Waals surface area contributed by atoms with Crippen molar-refractivity contribution in [3.8, 4) is 6.07 Å². The van der Waals surface area contributed by atoms with E-state index in [4.69, 9.17) is 11.0 Å². The Morgan fingerprint density at radius 2 is 2.03 bits per heavy atom. The van der Waals surface area contributed by atoms with Crippen molar-refractivity contribution >= 4 is 22.4 Å². The number of benzene rings is 1. The highest BCUT2D eigenvalue weighted by molar-refractivity contribution is 5.90. The minimum absolute atomic E-state index is 0.0189. The molecule has 5 rings (SSSR count). The number of hydrogen-bond donors (Lipinski definition) is 2. The van der Waals surface area contributed by atoms with E-state index in [0.29, 0.717) is 17.8 Å². The van der Waals surface area contributed by atoms with Crippen molar-refractivity contribution in [2.45, 2.75) is 18.3 Å². The van der Waals surface area contributed by atoms with Crippen molar-refractivity contribution in [3.05, 3.63) is 71.2 Å². The van der Waals surface area contributed by atoms with Gasteiger partial charge >= 0.3 is 0 Å². The van der Waals surface area contributed by atoms with E-state index in [1.165, 1.54) is 24.4 Å². The Morgan fingerprint density at radius 3 is 2.81 bits per heavy atom. The smallest absolute Gasteiger partial charge is 0.157 e. The van der Waals surface area contributed by atoms with Gasteiger partial charge in [0, 0.05) is 33.9 Å². The average Bonchev–Trinajstić information content (AvgIpc) is 3.56. The first-order valence-electron chi connectivity index (χ1n) is 9.90. The van der Waals surface area contributed by atoms with Crippen LogP contribution in [-0.2, 0) is 5.41 Å². The summed E-state index contributed by atoms with van der Waals surface area (Å²) < 4.78 is 43.4. The Kier molecular flexibility index (Phi) is 4.36. The number of allylic oxidation sites excluding steroid dienone is 2. The first-order chi connectivity index (χ1) is 14.9. The van der Waals surface area contributed by atoms with Crippen molar-refractivity contribution in [2.24, 2.45) is 17.6 Å². The van der Waals surface area contributed by atoms with Crippen molar-refractivity contribution in [1.82, 2.24) is 9.97 Å². The number of alkyl halides is 1. The molecule has 156 valence electrons. The minimum atomic E-state index is -1.09. The Balaban J connectivity index is 1.58. The normalized spacial score (nSPS) is 24.3. The van der Waals surface area contributed by atoms with Crippen molar-refractivity contribution < 1.29 is 13.2 Å². The van der Waals surface area contributed by atoms with Gasteiger partial charge in [0.1, 0.15) is 24.1 Å². The van der Waals surface area contributed by atoms with E-state index in [1.807, 2.05) is 6.07 Å². The molecule has 0 aliphatic heterocycles. The maximum Gasteiger partial charge on any atom is 0.157 e. The molecule has 0 amide bonds. The lowest BCUT2D eigenvalue weighted by molar-refractivity contribution is 0.296. The van der Waals surface area contributed by atoms with E-state index in [2.05, 4.69) is 15.3 Å². The van der Waals surface area contributed by atoms with Gasteiger partial charge in [-0.2, -0.15) is 5.26 Å². The molecule has 1 saturated carbocycles. The van der Waals surface area contributed by atoms with E-state index in [9.17, 15) is 13.2 Å². The van der Waals surface area contributed by atoms with Crippen molar-refractivity contribution in [3.63, 3.8) is 0 Å². The van der Waals surface area contributed by atoms with E-state index in [0.717, 1.165) is 12.6 Å². The Labute approximate surface area is 176 Å². The molecule has 0 bridgehead atoms. The summed E-state index contributed by atoms with van der Waals surface area (Å²) in [4.78, 5) is 8.21. The number of nitrogens with two attached hydrogens (primary N) is 1. The van der Waals surface area contributed by atoms with Gasteiger partial charge in [-0.1, -0.05) is 6.08 Å². The zero-order valence-corrected chi connectivity index (χ0v) is 16.4. The Hall–Kier alpha value is -3.60. The van der Waals surface area contributed by atoms with Crippen LogP contribution in [0.2, 0.25) is 0 Å². The summed E-state index contributed by atoms with van der Waals surface area (Å²) in [5.74, 6) is -0.573. The fraction of sp³-hybridized carbons (Fsp3) is 0.261. The summed E-state index contributed by atoms with van der Waals surface area (Å²) in [7, 11) is 0. The molecule has 1 fully saturated rings. The van der Waals surface area contributed by atoms with Crippen LogP contribution in [0.15, 0.2) is 48.4 Å². The zero-order chi connectivity index (χ0) is 21.8. The molecule has 2 aliphatic rings. The van der Waals surface area contributed by atoms with Gasteiger partial charge in [-0.3, -0.25) is 4.98 Å². The number of aromatic nitrogens is 2. The first kappa shape index (κ1) is 19.4. The second-order valence-electron chi connectivity index (χ2n) is 8.21. The number of rotatable bonds is 4. The van der Waals surface area contributed by atoms with Gasteiger partial charge in [-0.25, -0.2) is 18.2 Å². The third-order valence-electron chi connectivity index (χ3n) is 6.28. The number of fused-ring (bicyclic) bond motifs is 2. The second-order valence-corrected chi connectivity index (χ2v) is 8.21. The molecule has 0 saturated heterocycles. The van der Waals surface area contributed by atoms with Crippen LogP contribution in [-0.4, -0.2) is 16.6 Å². The lowest BCUT2D eigenvalue weighted by Crippen LogP contribution is -2.35. The number of halogens is 3. The molecular weight excluding hydrogens is 403 g/mol. The quantitative estimate of drug-likeness (QED) is 0.642. The number of pyridine rings is 2. The number of anilines is 2. The maximum atomic E-state index is 14.9. The lowest BCUT2D eigenvalue weighted by atomic mass is 9.72. The average molecular weight is 421 g/mol. The van der Waals surface area contributed by atoms with Crippen LogP contribution in [0, 0.1) is 34.8 Å². The number of nitriles is 1. The van der Waals surface area contributed by atoms with Crippen LogP contribution in [0.1, 0.15) is 24.0 Å². The molecule has 3 N–H and O–H groups in total. The van der Waals surface area contributed by atoms with Gasteiger partial charge in [-0.15, -0.1) is 0 Å². The van der Waals surface area contributed by atoms with E-state index in [1.54, 1.807) is 12.1 Å². The van der Waals surface area contributed by atoms with Gasteiger partial charge in [0.25, 0.3) is 0 Å². The van der Waals surface area contributed by atoms with Crippen LogP contribution in [0.4, 0.5) is 24.7 Å². The van der Waals surface area contributed by atoms with E-state index < -0.39 is 23.7 Å². The summed E-state index contributed by atoms with van der Waals surface area (Å²) in [5, 5.41) is 12.2. The Bertz CT molecular complexity index is 1280.